The van der Waals surface area contributed by atoms with Gasteiger partial charge in [0.25, 0.3) is 0 Å². The van der Waals surface area contributed by atoms with Crippen LogP contribution in [0.15, 0.2) is 11.3 Å². The maximum Gasteiger partial charge on any atom is 0.333 e. The van der Waals surface area contributed by atoms with Crippen LogP contribution in [0.1, 0.15) is 26.7 Å². The van der Waals surface area contributed by atoms with Gasteiger partial charge in [-0.1, -0.05) is 13.3 Å². The normalized spacial score (nSPS) is 14.0. The molecule has 0 aliphatic heterocycles. The van der Waals surface area contributed by atoms with E-state index in [1.165, 1.54) is 6.92 Å². The number of allylic oxidation sites excluding steroid dienone is 1. The zero-order chi connectivity index (χ0) is 14.7. The van der Waals surface area contributed by atoms with Crippen LogP contribution >= 0.6 is 0 Å². The summed E-state index contributed by atoms with van der Waals surface area (Å²) in [6.45, 7) is 2.87. The van der Waals surface area contributed by atoms with Gasteiger partial charge in [0.2, 0.25) is 20.0 Å². The highest BCUT2D eigenvalue weighted by Crippen LogP contribution is 2.23. The van der Waals surface area contributed by atoms with Crippen LogP contribution in [0.3, 0.4) is 0 Å². The number of carboxylic acids is 1. The SMILES string of the molecule is CCC/C(=C(/C)C(=O)O)N(S(C)(=O)=O)S(C)(=O)=O. The van der Waals surface area contributed by atoms with E-state index in [-0.39, 0.29) is 21.4 Å². The third-order valence-electron chi connectivity index (χ3n) is 2.06. The lowest BCUT2D eigenvalue weighted by atomic mass is 10.1. The highest BCUT2D eigenvalue weighted by molar-refractivity contribution is 8.03. The van der Waals surface area contributed by atoms with Crippen LogP contribution < -0.4 is 0 Å². The largest absolute Gasteiger partial charge is 0.478 e. The first-order valence-electron chi connectivity index (χ1n) is 5.06. The van der Waals surface area contributed by atoms with Crippen molar-refractivity contribution >= 4 is 26.0 Å². The van der Waals surface area contributed by atoms with Gasteiger partial charge in [-0.05, 0) is 13.3 Å². The molecule has 0 bridgehead atoms. The van der Waals surface area contributed by atoms with E-state index in [0.29, 0.717) is 6.42 Å². The van der Waals surface area contributed by atoms with E-state index in [9.17, 15) is 21.6 Å². The van der Waals surface area contributed by atoms with Crippen molar-refractivity contribution in [1.29, 1.82) is 0 Å². The van der Waals surface area contributed by atoms with Gasteiger partial charge in [0, 0.05) is 0 Å². The molecule has 0 aromatic rings. The second kappa shape index (κ2) is 5.70. The molecule has 0 rings (SSSR count). The molecule has 0 heterocycles. The fraction of sp³-hybridized carbons (Fsp3) is 0.667. The Morgan fingerprint density at radius 1 is 1.11 bits per heavy atom. The molecule has 0 aliphatic rings. The van der Waals surface area contributed by atoms with E-state index in [4.69, 9.17) is 5.11 Å². The van der Waals surface area contributed by atoms with Crippen molar-refractivity contribution in [2.45, 2.75) is 26.7 Å². The van der Waals surface area contributed by atoms with Crippen LogP contribution in [0, 0.1) is 0 Å². The van der Waals surface area contributed by atoms with E-state index >= 15 is 0 Å². The molecule has 0 spiro atoms. The molecule has 0 aliphatic carbocycles. The topological polar surface area (TPSA) is 109 Å². The highest BCUT2D eigenvalue weighted by atomic mass is 32.3. The molecule has 0 unspecified atom stereocenters. The highest BCUT2D eigenvalue weighted by Gasteiger charge is 2.31. The van der Waals surface area contributed by atoms with Gasteiger partial charge in [0.15, 0.2) is 0 Å². The molecule has 0 aromatic heterocycles. The standard InChI is InChI=1S/C9H17NO6S2/c1-5-6-8(7(2)9(11)12)10(17(3,13)14)18(4,15)16/h5-6H2,1-4H3,(H,11,12)/b8-7+. The van der Waals surface area contributed by atoms with Gasteiger partial charge < -0.3 is 5.11 Å². The Labute approximate surface area is 107 Å². The van der Waals surface area contributed by atoms with Crippen molar-refractivity contribution < 1.29 is 26.7 Å². The average Bonchev–Trinajstić information content (AvgIpc) is 2.11. The number of carboxylic acid groups (broad SMARTS) is 1. The van der Waals surface area contributed by atoms with Gasteiger partial charge >= 0.3 is 5.97 Å². The fourth-order valence-electron chi connectivity index (χ4n) is 1.42. The summed E-state index contributed by atoms with van der Waals surface area (Å²) in [7, 11) is -8.20. The molecular formula is C9H17NO6S2. The van der Waals surface area contributed by atoms with Gasteiger partial charge in [-0.2, -0.15) is 3.71 Å². The molecule has 0 aromatic carbocycles. The second-order valence-electron chi connectivity index (χ2n) is 3.85. The first-order chi connectivity index (χ1) is 7.92. The van der Waals surface area contributed by atoms with E-state index in [1.807, 2.05) is 0 Å². The van der Waals surface area contributed by atoms with Gasteiger partial charge in [0.1, 0.15) is 0 Å². The molecule has 0 atom stereocenters. The smallest absolute Gasteiger partial charge is 0.333 e. The monoisotopic (exact) mass is 299 g/mol. The van der Waals surface area contributed by atoms with Crippen molar-refractivity contribution in [3.63, 3.8) is 0 Å². The van der Waals surface area contributed by atoms with Gasteiger partial charge in [0.05, 0.1) is 23.8 Å². The molecule has 106 valence electrons. The molecule has 0 amide bonds. The molecule has 0 fully saturated rings. The molecule has 9 heteroatoms. The average molecular weight is 299 g/mol. The maximum absolute atomic E-state index is 11.5. The van der Waals surface area contributed by atoms with Crippen molar-refractivity contribution in [3.05, 3.63) is 11.3 Å². The van der Waals surface area contributed by atoms with Crippen LogP contribution in [0.2, 0.25) is 0 Å². The summed E-state index contributed by atoms with van der Waals surface area (Å²) in [5.41, 5.74) is -0.525. The Bertz CT molecular complexity index is 526. The fourth-order valence-corrected chi connectivity index (χ4v) is 4.65. The molecule has 0 radical (unpaired) electrons. The first kappa shape index (κ1) is 16.9. The minimum Gasteiger partial charge on any atom is -0.478 e. The lowest BCUT2D eigenvalue weighted by molar-refractivity contribution is -0.132. The van der Waals surface area contributed by atoms with Crippen molar-refractivity contribution in [2.75, 3.05) is 12.5 Å². The molecule has 0 saturated carbocycles. The van der Waals surface area contributed by atoms with Crippen LogP contribution in [-0.2, 0) is 24.8 Å². The Morgan fingerprint density at radius 2 is 1.50 bits per heavy atom. The predicted octanol–water partition coefficient (Wildman–Crippen LogP) is 0.366. The Balaban J connectivity index is 6.18. The summed E-state index contributed by atoms with van der Waals surface area (Å²) in [6.07, 6.45) is 1.90. The number of nitrogens with zero attached hydrogens (tertiary/aromatic N) is 1. The van der Waals surface area contributed by atoms with Gasteiger partial charge in [-0.15, -0.1) is 0 Å². The van der Waals surface area contributed by atoms with Crippen LogP contribution in [0.25, 0.3) is 0 Å². The Morgan fingerprint density at radius 3 is 1.72 bits per heavy atom. The third kappa shape index (κ3) is 4.30. The van der Waals surface area contributed by atoms with Crippen molar-refractivity contribution in [1.82, 2.24) is 3.71 Å². The number of sulfonamides is 2. The van der Waals surface area contributed by atoms with Gasteiger partial charge in [-0.25, -0.2) is 21.6 Å². The van der Waals surface area contributed by atoms with E-state index in [1.54, 1.807) is 6.92 Å². The second-order valence-corrected chi connectivity index (χ2v) is 7.74. The number of rotatable bonds is 6. The van der Waals surface area contributed by atoms with E-state index in [2.05, 4.69) is 0 Å². The molecular weight excluding hydrogens is 282 g/mol. The first-order valence-corrected chi connectivity index (χ1v) is 8.76. The lowest BCUT2D eigenvalue weighted by Gasteiger charge is -2.23. The van der Waals surface area contributed by atoms with Crippen LogP contribution in [-0.4, -0.2) is 44.1 Å². The van der Waals surface area contributed by atoms with Crippen molar-refractivity contribution in [2.24, 2.45) is 0 Å². The number of carbonyl (C=O) groups is 1. The number of aliphatic carboxylic acids is 1. The molecule has 0 saturated heterocycles. The quantitative estimate of drug-likeness (QED) is 0.710. The summed E-state index contributed by atoms with van der Waals surface area (Å²) in [5, 5.41) is 8.89. The number of hydrogen-bond acceptors (Lipinski definition) is 5. The minimum absolute atomic E-state index is 0.0400. The lowest BCUT2D eigenvalue weighted by Crippen LogP contribution is -2.35. The summed E-state index contributed by atoms with van der Waals surface area (Å²) in [4.78, 5) is 10.9. The molecule has 7 nitrogen and oxygen atoms in total. The summed E-state index contributed by atoms with van der Waals surface area (Å²) in [5.74, 6) is -1.35. The summed E-state index contributed by atoms with van der Waals surface area (Å²) < 4.78 is 46.4. The molecule has 18 heavy (non-hydrogen) atoms. The van der Waals surface area contributed by atoms with Crippen LogP contribution in [0.4, 0.5) is 0 Å². The van der Waals surface area contributed by atoms with Crippen molar-refractivity contribution in [3.8, 4) is 0 Å². The zero-order valence-electron chi connectivity index (χ0n) is 10.7. The van der Waals surface area contributed by atoms with Crippen LogP contribution in [0.5, 0.6) is 0 Å². The minimum atomic E-state index is -4.10. The molecule has 1 N–H and O–H groups in total. The number of hydrogen-bond donors (Lipinski definition) is 1. The van der Waals surface area contributed by atoms with E-state index < -0.39 is 26.0 Å². The third-order valence-corrected chi connectivity index (χ3v) is 5.33. The maximum atomic E-state index is 11.5. The summed E-state index contributed by atoms with van der Waals surface area (Å²) in [6, 6.07) is 0. The zero-order valence-corrected chi connectivity index (χ0v) is 12.3. The summed E-state index contributed by atoms with van der Waals surface area (Å²) >= 11 is 0. The van der Waals surface area contributed by atoms with E-state index in [0.717, 1.165) is 12.5 Å². The predicted molar refractivity (Wildman–Crippen MR) is 66.8 cm³/mol. The Hall–Kier alpha value is -1.09. The van der Waals surface area contributed by atoms with Gasteiger partial charge in [-0.3, -0.25) is 0 Å². The Kier molecular flexibility index (Phi) is 5.35.